The van der Waals surface area contributed by atoms with Crippen LogP contribution in [0.1, 0.15) is 11.7 Å². The first-order valence-corrected chi connectivity index (χ1v) is 10.9. The molecule has 160 valence electrons. The van der Waals surface area contributed by atoms with Crippen molar-refractivity contribution in [3.05, 3.63) is 88.4 Å². The number of piperazine rings is 1. The van der Waals surface area contributed by atoms with Crippen LogP contribution in [0.4, 0.5) is 11.4 Å². The molecule has 0 amide bonds. The SMILES string of the molecule is N=C(N)C(Oc1ccc(N2CCN(c3ccccc3)CC2)cc1)c1ccc(Cl)cc1Cl. The number of hydrogen-bond acceptors (Lipinski definition) is 4. The largest absolute Gasteiger partial charge is 0.478 e. The van der Waals surface area contributed by atoms with E-state index in [2.05, 4.69) is 34.1 Å². The van der Waals surface area contributed by atoms with Gasteiger partial charge in [0.2, 0.25) is 0 Å². The Balaban J connectivity index is 1.41. The number of nitrogens with two attached hydrogens (primary N) is 1. The zero-order valence-electron chi connectivity index (χ0n) is 17.0. The number of anilines is 2. The van der Waals surface area contributed by atoms with Crippen LogP contribution in [0.25, 0.3) is 0 Å². The Morgan fingerprint density at radius 2 is 1.42 bits per heavy atom. The maximum absolute atomic E-state index is 7.93. The molecule has 0 aromatic heterocycles. The number of rotatable bonds is 6. The van der Waals surface area contributed by atoms with E-state index in [0.717, 1.165) is 31.9 Å². The molecule has 0 radical (unpaired) electrons. The van der Waals surface area contributed by atoms with Gasteiger partial charge in [0, 0.05) is 53.2 Å². The van der Waals surface area contributed by atoms with Gasteiger partial charge in [-0.2, -0.15) is 0 Å². The van der Waals surface area contributed by atoms with Crippen molar-refractivity contribution in [3.8, 4) is 5.75 Å². The maximum Gasteiger partial charge on any atom is 0.181 e. The van der Waals surface area contributed by atoms with Gasteiger partial charge in [-0.25, -0.2) is 0 Å². The minimum absolute atomic E-state index is 0.120. The summed E-state index contributed by atoms with van der Waals surface area (Å²) in [4.78, 5) is 4.77. The molecule has 0 spiro atoms. The van der Waals surface area contributed by atoms with Crippen molar-refractivity contribution in [2.45, 2.75) is 6.10 Å². The molecule has 1 unspecified atom stereocenters. The number of para-hydroxylation sites is 1. The van der Waals surface area contributed by atoms with Crippen molar-refractivity contribution in [1.82, 2.24) is 0 Å². The molecule has 1 atom stereocenters. The third-order valence-electron chi connectivity index (χ3n) is 5.38. The van der Waals surface area contributed by atoms with Crippen LogP contribution in [0.2, 0.25) is 10.0 Å². The zero-order chi connectivity index (χ0) is 21.8. The highest BCUT2D eigenvalue weighted by Crippen LogP contribution is 2.31. The smallest absolute Gasteiger partial charge is 0.181 e. The third kappa shape index (κ3) is 5.06. The molecule has 0 saturated carbocycles. The average Bonchev–Trinajstić information content (AvgIpc) is 2.79. The Hall–Kier alpha value is -2.89. The summed E-state index contributed by atoms with van der Waals surface area (Å²) in [6, 6.07) is 23.4. The van der Waals surface area contributed by atoms with Gasteiger partial charge in [-0.3, -0.25) is 5.41 Å². The minimum Gasteiger partial charge on any atom is -0.478 e. The number of nitrogens with one attached hydrogen (secondary N) is 1. The van der Waals surface area contributed by atoms with Crippen LogP contribution in [-0.4, -0.2) is 32.0 Å². The first kappa shape index (κ1) is 21.3. The summed E-state index contributed by atoms with van der Waals surface area (Å²) in [6.07, 6.45) is -0.773. The van der Waals surface area contributed by atoms with Crippen LogP contribution in [0.15, 0.2) is 72.8 Å². The molecule has 7 heteroatoms. The molecule has 1 heterocycles. The topological polar surface area (TPSA) is 65.6 Å². The lowest BCUT2D eigenvalue weighted by molar-refractivity contribution is 0.271. The van der Waals surface area contributed by atoms with Crippen LogP contribution >= 0.6 is 23.2 Å². The molecule has 5 nitrogen and oxygen atoms in total. The molecule has 3 aromatic rings. The molecule has 1 aliphatic rings. The van der Waals surface area contributed by atoms with E-state index < -0.39 is 6.10 Å². The van der Waals surface area contributed by atoms with E-state index in [-0.39, 0.29) is 5.84 Å². The van der Waals surface area contributed by atoms with Crippen LogP contribution in [-0.2, 0) is 0 Å². The lowest BCUT2D eigenvalue weighted by Crippen LogP contribution is -2.46. The quantitative estimate of drug-likeness (QED) is 0.387. The standard InChI is InChI=1S/C24H24Cl2N4O/c25-17-6-11-21(22(26)16-17)23(24(27)28)31-20-9-7-19(8-10-20)30-14-12-29(13-15-30)18-4-2-1-3-5-18/h1-11,16,23H,12-15H2,(H3,27,28). The van der Waals surface area contributed by atoms with E-state index in [1.807, 2.05) is 30.3 Å². The van der Waals surface area contributed by atoms with Crippen molar-refractivity contribution in [2.75, 3.05) is 36.0 Å². The van der Waals surface area contributed by atoms with E-state index in [1.54, 1.807) is 18.2 Å². The summed E-state index contributed by atoms with van der Waals surface area (Å²) in [5, 5.41) is 8.87. The fourth-order valence-electron chi connectivity index (χ4n) is 3.74. The summed E-state index contributed by atoms with van der Waals surface area (Å²) in [5.74, 6) is 0.503. The number of ether oxygens (including phenoxy) is 1. The van der Waals surface area contributed by atoms with Crippen molar-refractivity contribution in [2.24, 2.45) is 5.73 Å². The summed E-state index contributed by atoms with van der Waals surface area (Å²) >= 11 is 12.3. The summed E-state index contributed by atoms with van der Waals surface area (Å²) in [6.45, 7) is 3.85. The van der Waals surface area contributed by atoms with Gasteiger partial charge >= 0.3 is 0 Å². The normalized spacial score (nSPS) is 14.9. The monoisotopic (exact) mass is 454 g/mol. The molecular formula is C24H24Cl2N4O. The second-order valence-electron chi connectivity index (χ2n) is 7.42. The van der Waals surface area contributed by atoms with Gasteiger partial charge in [0.1, 0.15) is 11.6 Å². The highest BCUT2D eigenvalue weighted by molar-refractivity contribution is 6.35. The van der Waals surface area contributed by atoms with Gasteiger partial charge in [0.15, 0.2) is 6.10 Å². The predicted molar refractivity (Wildman–Crippen MR) is 129 cm³/mol. The summed E-state index contributed by atoms with van der Waals surface area (Å²) in [7, 11) is 0. The number of halogens is 2. The number of amidine groups is 1. The lowest BCUT2D eigenvalue weighted by atomic mass is 10.1. The molecule has 3 N–H and O–H groups in total. The minimum atomic E-state index is -0.773. The van der Waals surface area contributed by atoms with Gasteiger partial charge in [-0.15, -0.1) is 0 Å². The number of hydrogen-bond donors (Lipinski definition) is 2. The Morgan fingerprint density at radius 1 is 0.839 bits per heavy atom. The average molecular weight is 455 g/mol. The van der Waals surface area contributed by atoms with Gasteiger partial charge in [-0.05, 0) is 48.5 Å². The maximum atomic E-state index is 7.93. The van der Waals surface area contributed by atoms with Crippen molar-refractivity contribution < 1.29 is 4.74 Å². The third-order valence-corrected chi connectivity index (χ3v) is 5.95. The van der Waals surface area contributed by atoms with E-state index in [4.69, 9.17) is 39.1 Å². The highest BCUT2D eigenvalue weighted by atomic mass is 35.5. The van der Waals surface area contributed by atoms with E-state index in [0.29, 0.717) is 21.4 Å². The zero-order valence-corrected chi connectivity index (χ0v) is 18.5. The molecule has 0 aliphatic carbocycles. The van der Waals surface area contributed by atoms with E-state index in [9.17, 15) is 0 Å². The fourth-order valence-corrected chi connectivity index (χ4v) is 4.25. The summed E-state index contributed by atoms with van der Waals surface area (Å²) < 4.78 is 6.00. The predicted octanol–water partition coefficient (Wildman–Crippen LogP) is 5.38. The van der Waals surface area contributed by atoms with Gasteiger partial charge in [0.25, 0.3) is 0 Å². The molecular weight excluding hydrogens is 431 g/mol. The molecule has 4 rings (SSSR count). The molecule has 0 bridgehead atoms. The van der Waals surface area contributed by atoms with E-state index >= 15 is 0 Å². The Labute approximate surface area is 192 Å². The van der Waals surface area contributed by atoms with Crippen LogP contribution in [0.5, 0.6) is 5.75 Å². The van der Waals surface area contributed by atoms with Crippen molar-refractivity contribution in [3.63, 3.8) is 0 Å². The van der Waals surface area contributed by atoms with Crippen LogP contribution < -0.4 is 20.3 Å². The second kappa shape index (κ2) is 9.50. The van der Waals surface area contributed by atoms with Gasteiger partial charge < -0.3 is 20.3 Å². The highest BCUT2D eigenvalue weighted by Gasteiger charge is 2.21. The molecule has 1 saturated heterocycles. The van der Waals surface area contributed by atoms with Crippen LogP contribution in [0.3, 0.4) is 0 Å². The Bertz CT molecular complexity index is 1040. The number of nitrogens with zero attached hydrogens (tertiary/aromatic N) is 2. The molecule has 3 aromatic carbocycles. The first-order valence-electron chi connectivity index (χ1n) is 10.1. The van der Waals surface area contributed by atoms with Crippen molar-refractivity contribution in [1.29, 1.82) is 5.41 Å². The Morgan fingerprint density at radius 3 is 1.97 bits per heavy atom. The van der Waals surface area contributed by atoms with Crippen molar-refractivity contribution >= 4 is 40.4 Å². The lowest BCUT2D eigenvalue weighted by Gasteiger charge is -2.37. The van der Waals surface area contributed by atoms with E-state index in [1.165, 1.54) is 5.69 Å². The summed E-state index contributed by atoms with van der Waals surface area (Å²) in [5.41, 5.74) is 8.80. The molecule has 1 fully saturated rings. The van der Waals surface area contributed by atoms with Gasteiger partial charge in [0.05, 0.1) is 0 Å². The number of benzene rings is 3. The molecule has 1 aliphatic heterocycles. The fraction of sp³-hybridized carbons (Fsp3) is 0.208. The Kier molecular flexibility index (Phi) is 6.54. The van der Waals surface area contributed by atoms with Gasteiger partial charge in [-0.1, -0.05) is 47.5 Å². The second-order valence-corrected chi connectivity index (χ2v) is 8.27. The molecule has 31 heavy (non-hydrogen) atoms. The first-order chi connectivity index (χ1) is 15.0. The van der Waals surface area contributed by atoms with Crippen LogP contribution in [0, 0.1) is 5.41 Å².